The highest BCUT2D eigenvalue weighted by molar-refractivity contribution is 6.15. The molecule has 0 spiro atoms. The van der Waals surface area contributed by atoms with E-state index in [0.717, 1.165) is 12.2 Å². The zero-order valence-electron chi connectivity index (χ0n) is 18.3. The standard InChI is InChI=1S/C25H24N6O2/c1-25(9-10-25)27-15-17-5-7-20(8-6-17)30-11-12-31-22(24(30)33)21(16-28-31)23(32)29-19-4-2-3-18(13-19)14-26/h2-8,13,16,27H,9-12,15H2,1H3,(H,29,32). The molecule has 166 valence electrons. The van der Waals surface area contributed by atoms with Crippen molar-refractivity contribution in [2.75, 3.05) is 16.8 Å². The molecule has 0 atom stereocenters. The number of nitrogens with one attached hydrogen (secondary N) is 2. The lowest BCUT2D eigenvalue weighted by molar-refractivity contribution is 0.0947. The number of nitriles is 1. The molecule has 5 rings (SSSR count). The number of rotatable bonds is 6. The summed E-state index contributed by atoms with van der Waals surface area (Å²) in [4.78, 5) is 27.9. The lowest BCUT2D eigenvalue weighted by Gasteiger charge is -2.28. The van der Waals surface area contributed by atoms with E-state index in [2.05, 4.69) is 22.7 Å². The van der Waals surface area contributed by atoms with Crippen LogP contribution in [-0.4, -0.2) is 33.7 Å². The fraction of sp³-hybridized carbons (Fsp3) is 0.280. The average Bonchev–Trinajstić information content (AvgIpc) is 3.40. The van der Waals surface area contributed by atoms with Crippen molar-refractivity contribution in [2.45, 2.75) is 38.4 Å². The number of carbonyl (C=O) groups is 2. The van der Waals surface area contributed by atoms with Crippen LogP contribution < -0.4 is 15.5 Å². The summed E-state index contributed by atoms with van der Waals surface area (Å²) in [5.74, 6) is -0.692. The van der Waals surface area contributed by atoms with Crippen LogP contribution in [0, 0.1) is 11.3 Å². The second-order valence-corrected chi connectivity index (χ2v) is 8.81. The molecule has 2 aliphatic rings. The van der Waals surface area contributed by atoms with Crippen molar-refractivity contribution in [3.05, 3.63) is 77.1 Å². The molecular weight excluding hydrogens is 416 g/mol. The predicted octanol–water partition coefficient (Wildman–Crippen LogP) is 3.31. The maximum Gasteiger partial charge on any atom is 0.277 e. The number of fused-ring (bicyclic) bond motifs is 1. The number of carbonyl (C=O) groups excluding carboxylic acids is 2. The van der Waals surface area contributed by atoms with Gasteiger partial charge in [-0.15, -0.1) is 0 Å². The third-order valence-corrected chi connectivity index (χ3v) is 6.28. The smallest absolute Gasteiger partial charge is 0.277 e. The normalized spacial score (nSPS) is 16.1. The van der Waals surface area contributed by atoms with Crippen molar-refractivity contribution < 1.29 is 9.59 Å². The van der Waals surface area contributed by atoms with E-state index in [0.29, 0.717) is 24.3 Å². The highest BCUT2D eigenvalue weighted by Gasteiger charge is 2.36. The third-order valence-electron chi connectivity index (χ3n) is 6.28. The summed E-state index contributed by atoms with van der Waals surface area (Å²) < 4.78 is 1.58. The molecule has 2 amide bonds. The maximum absolute atomic E-state index is 13.3. The number of hydrogen-bond acceptors (Lipinski definition) is 5. The highest BCUT2D eigenvalue weighted by atomic mass is 16.2. The molecule has 0 bridgehead atoms. The van der Waals surface area contributed by atoms with Crippen LogP contribution in [0.5, 0.6) is 0 Å². The first-order chi connectivity index (χ1) is 16.0. The van der Waals surface area contributed by atoms with Gasteiger partial charge in [0.05, 0.1) is 29.9 Å². The van der Waals surface area contributed by atoms with Gasteiger partial charge in [0.25, 0.3) is 11.8 Å². The number of benzene rings is 2. The third kappa shape index (κ3) is 4.23. The van der Waals surface area contributed by atoms with E-state index in [1.54, 1.807) is 33.8 Å². The molecule has 33 heavy (non-hydrogen) atoms. The van der Waals surface area contributed by atoms with Crippen LogP contribution in [-0.2, 0) is 13.1 Å². The average molecular weight is 441 g/mol. The molecule has 0 unspecified atom stereocenters. The van der Waals surface area contributed by atoms with Gasteiger partial charge in [0.1, 0.15) is 5.69 Å². The molecule has 1 aliphatic carbocycles. The molecule has 0 radical (unpaired) electrons. The summed E-state index contributed by atoms with van der Waals surface area (Å²) >= 11 is 0. The van der Waals surface area contributed by atoms with Crippen LogP contribution in [0.2, 0.25) is 0 Å². The van der Waals surface area contributed by atoms with Crippen LogP contribution in [0.3, 0.4) is 0 Å². The molecule has 2 N–H and O–H groups in total. The van der Waals surface area contributed by atoms with Gasteiger partial charge in [0.2, 0.25) is 0 Å². The molecule has 1 aliphatic heterocycles. The number of hydrogen-bond donors (Lipinski definition) is 2. The molecule has 1 saturated carbocycles. The summed E-state index contributed by atoms with van der Waals surface area (Å²) in [6.07, 6.45) is 3.84. The second kappa shape index (κ2) is 8.19. The highest BCUT2D eigenvalue weighted by Crippen LogP contribution is 2.34. The van der Waals surface area contributed by atoms with E-state index in [1.165, 1.54) is 24.6 Å². The van der Waals surface area contributed by atoms with Gasteiger partial charge in [-0.2, -0.15) is 10.4 Å². The van der Waals surface area contributed by atoms with Crippen LogP contribution in [0.1, 0.15) is 51.7 Å². The minimum absolute atomic E-state index is 0.213. The van der Waals surface area contributed by atoms with E-state index in [1.807, 2.05) is 30.3 Å². The topological polar surface area (TPSA) is 103 Å². The van der Waals surface area contributed by atoms with Crippen molar-refractivity contribution in [1.82, 2.24) is 15.1 Å². The van der Waals surface area contributed by atoms with Gasteiger partial charge in [-0.1, -0.05) is 18.2 Å². The van der Waals surface area contributed by atoms with E-state index in [4.69, 9.17) is 5.26 Å². The van der Waals surface area contributed by atoms with Gasteiger partial charge in [-0.25, -0.2) is 0 Å². The zero-order chi connectivity index (χ0) is 23.0. The summed E-state index contributed by atoms with van der Waals surface area (Å²) in [6.45, 7) is 4.01. The number of anilines is 2. The van der Waals surface area contributed by atoms with E-state index in [-0.39, 0.29) is 22.7 Å². The summed E-state index contributed by atoms with van der Waals surface area (Å²) in [5.41, 5.74) is 3.64. The molecule has 8 nitrogen and oxygen atoms in total. The summed E-state index contributed by atoms with van der Waals surface area (Å²) in [6, 6.07) is 16.6. The Morgan fingerprint density at radius 1 is 1.18 bits per heavy atom. The molecule has 2 heterocycles. The Kier molecular flexibility index (Phi) is 5.19. The quantitative estimate of drug-likeness (QED) is 0.612. The first-order valence-electron chi connectivity index (χ1n) is 11.0. The number of amides is 2. The molecule has 3 aromatic rings. The second-order valence-electron chi connectivity index (χ2n) is 8.81. The van der Waals surface area contributed by atoms with Gasteiger partial charge < -0.3 is 15.5 Å². The fourth-order valence-corrected chi connectivity index (χ4v) is 3.96. The minimum atomic E-state index is -0.434. The Morgan fingerprint density at radius 3 is 2.70 bits per heavy atom. The van der Waals surface area contributed by atoms with Gasteiger partial charge >= 0.3 is 0 Å². The Hall–Kier alpha value is -3.96. The summed E-state index contributed by atoms with van der Waals surface area (Å²) in [5, 5.41) is 19.6. The lowest BCUT2D eigenvalue weighted by atomic mass is 10.1. The van der Waals surface area contributed by atoms with Gasteiger partial charge in [-0.3, -0.25) is 14.3 Å². The van der Waals surface area contributed by atoms with Crippen LogP contribution in [0.25, 0.3) is 0 Å². The van der Waals surface area contributed by atoms with Crippen molar-refractivity contribution in [1.29, 1.82) is 5.26 Å². The first-order valence-corrected chi connectivity index (χ1v) is 11.0. The summed E-state index contributed by atoms with van der Waals surface area (Å²) in [7, 11) is 0. The predicted molar refractivity (Wildman–Crippen MR) is 124 cm³/mol. The van der Waals surface area contributed by atoms with Crippen LogP contribution in [0.4, 0.5) is 11.4 Å². The monoisotopic (exact) mass is 440 g/mol. The Morgan fingerprint density at radius 2 is 1.97 bits per heavy atom. The van der Waals surface area contributed by atoms with Crippen molar-refractivity contribution in [3.63, 3.8) is 0 Å². The molecule has 1 aromatic heterocycles. The molecule has 2 aromatic carbocycles. The number of aromatic nitrogens is 2. The Labute approximate surface area is 191 Å². The van der Waals surface area contributed by atoms with Crippen molar-refractivity contribution in [3.8, 4) is 6.07 Å². The van der Waals surface area contributed by atoms with Gasteiger partial charge in [0, 0.05) is 30.0 Å². The van der Waals surface area contributed by atoms with Crippen molar-refractivity contribution in [2.24, 2.45) is 0 Å². The van der Waals surface area contributed by atoms with Crippen molar-refractivity contribution >= 4 is 23.2 Å². The van der Waals surface area contributed by atoms with Crippen LogP contribution in [0.15, 0.2) is 54.7 Å². The minimum Gasteiger partial charge on any atom is -0.322 e. The van der Waals surface area contributed by atoms with Gasteiger partial charge in [0.15, 0.2) is 0 Å². The molecular formula is C25H24N6O2. The first kappa shape index (κ1) is 20.9. The molecule has 0 saturated heterocycles. The van der Waals surface area contributed by atoms with E-state index < -0.39 is 5.91 Å². The SMILES string of the molecule is CC1(NCc2ccc(N3CCn4ncc(C(=O)Nc5cccc(C#N)c5)c4C3=O)cc2)CC1. The molecule has 1 fully saturated rings. The largest absolute Gasteiger partial charge is 0.322 e. The van der Waals surface area contributed by atoms with Crippen LogP contribution >= 0.6 is 0 Å². The fourth-order valence-electron chi connectivity index (χ4n) is 3.96. The number of nitrogens with zero attached hydrogens (tertiary/aromatic N) is 4. The maximum atomic E-state index is 13.3. The van der Waals surface area contributed by atoms with E-state index >= 15 is 0 Å². The lowest BCUT2D eigenvalue weighted by Crippen LogP contribution is -2.41. The molecule has 8 heteroatoms. The van der Waals surface area contributed by atoms with Gasteiger partial charge in [-0.05, 0) is 55.7 Å². The Balaban J connectivity index is 1.33. The Bertz CT molecular complexity index is 1270. The zero-order valence-corrected chi connectivity index (χ0v) is 18.3. The van der Waals surface area contributed by atoms with E-state index in [9.17, 15) is 9.59 Å².